The number of aromatic nitrogens is 1. The highest BCUT2D eigenvalue weighted by molar-refractivity contribution is 6.07. The van der Waals surface area contributed by atoms with Gasteiger partial charge in [-0.25, -0.2) is 0 Å². The van der Waals surface area contributed by atoms with E-state index in [2.05, 4.69) is 10.5 Å². The van der Waals surface area contributed by atoms with Crippen LogP contribution in [0, 0.1) is 0 Å². The number of anilines is 2. The minimum Gasteiger partial charge on any atom is -0.338 e. The van der Waals surface area contributed by atoms with E-state index >= 15 is 0 Å². The molecule has 6 nitrogen and oxygen atoms in total. The molecule has 0 aliphatic carbocycles. The Morgan fingerprint density at radius 2 is 1.96 bits per heavy atom. The number of hydrogen-bond acceptors (Lipinski definition) is 4. The second kappa shape index (κ2) is 7.05. The zero-order valence-electron chi connectivity index (χ0n) is 14.7. The van der Waals surface area contributed by atoms with Gasteiger partial charge in [0.25, 0.3) is 0 Å². The summed E-state index contributed by atoms with van der Waals surface area (Å²) in [5, 5.41) is 6.42. The van der Waals surface area contributed by atoms with Crippen LogP contribution in [0.2, 0.25) is 0 Å². The van der Waals surface area contributed by atoms with Crippen molar-refractivity contribution in [2.75, 3.05) is 10.2 Å². The predicted octanol–water partition coefficient (Wildman–Crippen LogP) is 3.95. The average Bonchev–Trinajstić information content (AvgIpc) is 3.21. The molecule has 2 heterocycles. The van der Waals surface area contributed by atoms with E-state index in [9.17, 15) is 22.8 Å². The monoisotopic (exact) mass is 381 g/mol. The molecule has 1 unspecified atom stereocenters. The number of carbonyl (C=O) groups is 2. The SMILES string of the molecule is CC(C)c1cc(NC(=O)C2CCC(=O)N2c2ccc(C(F)(F)F)cc2)on1. The molecule has 1 aromatic carbocycles. The van der Waals surface area contributed by atoms with Gasteiger partial charge in [0.1, 0.15) is 6.04 Å². The first-order valence-corrected chi connectivity index (χ1v) is 8.43. The molecule has 2 aromatic rings. The van der Waals surface area contributed by atoms with Gasteiger partial charge in [-0.15, -0.1) is 0 Å². The molecule has 1 atom stereocenters. The first-order valence-electron chi connectivity index (χ1n) is 8.43. The zero-order chi connectivity index (χ0) is 19.8. The molecule has 0 radical (unpaired) electrons. The summed E-state index contributed by atoms with van der Waals surface area (Å²) in [5.74, 6) is -0.519. The number of halogens is 3. The van der Waals surface area contributed by atoms with Gasteiger partial charge in [0.2, 0.25) is 17.7 Å². The highest BCUT2D eigenvalue weighted by Crippen LogP contribution is 2.33. The summed E-state index contributed by atoms with van der Waals surface area (Å²) < 4.78 is 43.2. The maximum absolute atomic E-state index is 12.7. The third kappa shape index (κ3) is 3.96. The van der Waals surface area contributed by atoms with Crippen molar-refractivity contribution in [2.45, 2.75) is 44.8 Å². The highest BCUT2D eigenvalue weighted by Gasteiger charge is 2.38. The largest absolute Gasteiger partial charge is 0.416 e. The minimum atomic E-state index is -4.47. The summed E-state index contributed by atoms with van der Waals surface area (Å²) in [6, 6.07) is 4.93. The summed E-state index contributed by atoms with van der Waals surface area (Å²) in [6.45, 7) is 3.84. The fourth-order valence-corrected chi connectivity index (χ4v) is 2.89. The van der Waals surface area contributed by atoms with Crippen LogP contribution in [0.1, 0.15) is 43.9 Å². The maximum atomic E-state index is 12.7. The number of nitrogens with one attached hydrogen (secondary N) is 1. The molecule has 1 saturated heterocycles. The Morgan fingerprint density at radius 3 is 2.52 bits per heavy atom. The van der Waals surface area contributed by atoms with Crippen LogP contribution in [0.15, 0.2) is 34.9 Å². The van der Waals surface area contributed by atoms with Gasteiger partial charge in [0.15, 0.2) is 0 Å². The second-order valence-corrected chi connectivity index (χ2v) is 6.62. The van der Waals surface area contributed by atoms with Crippen molar-refractivity contribution in [1.82, 2.24) is 5.16 Å². The molecule has 3 rings (SSSR count). The number of amides is 2. The van der Waals surface area contributed by atoms with Crippen LogP contribution in [-0.2, 0) is 15.8 Å². The number of carbonyl (C=O) groups excluding carboxylic acids is 2. The van der Waals surface area contributed by atoms with Crippen molar-refractivity contribution in [1.29, 1.82) is 0 Å². The maximum Gasteiger partial charge on any atom is 0.416 e. The highest BCUT2D eigenvalue weighted by atomic mass is 19.4. The van der Waals surface area contributed by atoms with E-state index in [0.717, 1.165) is 12.1 Å². The van der Waals surface area contributed by atoms with Gasteiger partial charge in [-0.2, -0.15) is 13.2 Å². The molecule has 1 fully saturated rings. The van der Waals surface area contributed by atoms with Crippen molar-refractivity contribution in [3.05, 3.63) is 41.6 Å². The second-order valence-electron chi connectivity index (χ2n) is 6.62. The smallest absolute Gasteiger partial charge is 0.338 e. The third-order valence-electron chi connectivity index (χ3n) is 4.35. The lowest BCUT2D eigenvalue weighted by atomic mass is 10.1. The fraction of sp³-hybridized carbons (Fsp3) is 0.389. The number of benzene rings is 1. The van der Waals surface area contributed by atoms with Crippen molar-refractivity contribution in [3.8, 4) is 0 Å². The molecule has 0 bridgehead atoms. The van der Waals surface area contributed by atoms with Crippen molar-refractivity contribution < 1.29 is 27.3 Å². The first kappa shape index (κ1) is 18.9. The number of alkyl halides is 3. The van der Waals surface area contributed by atoms with Gasteiger partial charge in [-0.3, -0.25) is 19.8 Å². The van der Waals surface area contributed by atoms with Gasteiger partial charge in [0.05, 0.1) is 11.3 Å². The van der Waals surface area contributed by atoms with Gasteiger partial charge >= 0.3 is 6.18 Å². The average molecular weight is 381 g/mol. The van der Waals surface area contributed by atoms with Gasteiger partial charge in [-0.05, 0) is 36.6 Å². The molecular formula is C18H18F3N3O3. The summed E-state index contributed by atoms with van der Waals surface area (Å²) in [7, 11) is 0. The van der Waals surface area contributed by atoms with Gasteiger partial charge in [0, 0.05) is 18.2 Å². The van der Waals surface area contributed by atoms with Gasteiger partial charge in [-0.1, -0.05) is 19.0 Å². The minimum absolute atomic E-state index is 0.121. The molecule has 1 aliphatic rings. The van der Waals surface area contributed by atoms with E-state index < -0.39 is 23.7 Å². The van der Waals surface area contributed by atoms with Crippen LogP contribution in [0.3, 0.4) is 0 Å². The van der Waals surface area contributed by atoms with Crippen LogP contribution in [0.25, 0.3) is 0 Å². The Kier molecular flexibility index (Phi) is 4.95. The molecule has 0 spiro atoms. The lowest BCUT2D eigenvalue weighted by molar-refractivity contribution is -0.137. The first-order chi connectivity index (χ1) is 12.7. The molecule has 9 heteroatoms. The van der Waals surface area contributed by atoms with Crippen molar-refractivity contribution >= 4 is 23.4 Å². The molecular weight excluding hydrogens is 363 g/mol. The number of hydrogen-bond donors (Lipinski definition) is 1. The molecule has 0 saturated carbocycles. The van der Waals surface area contributed by atoms with Crippen LogP contribution in [0.5, 0.6) is 0 Å². The molecule has 1 N–H and O–H groups in total. The Bertz CT molecular complexity index is 844. The van der Waals surface area contributed by atoms with E-state index in [4.69, 9.17) is 4.52 Å². The van der Waals surface area contributed by atoms with E-state index in [-0.39, 0.29) is 36.2 Å². The summed E-state index contributed by atoms with van der Waals surface area (Å²) >= 11 is 0. The molecule has 2 amide bonds. The van der Waals surface area contributed by atoms with E-state index in [0.29, 0.717) is 5.69 Å². The van der Waals surface area contributed by atoms with E-state index in [1.54, 1.807) is 6.07 Å². The van der Waals surface area contributed by atoms with E-state index in [1.165, 1.54) is 17.0 Å². The number of rotatable bonds is 4. The summed E-state index contributed by atoms with van der Waals surface area (Å²) in [4.78, 5) is 26.0. The lowest BCUT2D eigenvalue weighted by Crippen LogP contribution is -2.41. The fourth-order valence-electron chi connectivity index (χ4n) is 2.89. The molecule has 27 heavy (non-hydrogen) atoms. The zero-order valence-corrected chi connectivity index (χ0v) is 14.7. The summed E-state index contributed by atoms with van der Waals surface area (Å²) in [5.41, 5.74) is 0.0975. The normalized spacial score (nSPS) is 17.6. The Balaban J connectivity index is 1.78. The van der Waals surface area contributed by atoms with Crippen molar-refractivity contribution in [2.24, 2.45) is 0 Å². The van der Waals surface area contributed by atoms with Crippen LogP contribution >= 0.6 is 0 Å². The third-order valence-corrected chi connectivity index (χ3v) is 4.35. The van der Waals surface area contributed by atoms with E-state index in [1.807, 2.05) is 13.8 Å². The Morgan fingerprint density at radius 1 is 1.30 bits per heavy atom. The van der Waals surface area contributed by atoms with Crippen LogP contribution in [0.4, 0.5) is 24.7 Å². The quantitative estimate of drug-likeness (QED) is 0.870. The lowest BCUT2D eigenvalue weighted by Gasteiger charge is -2.24. The van der Waals surface area contributed by atoms with Crippen molar-refractivity contribution in [3.63, 3.8) is 0 Å². The topological polar surface area (TPSA) is 75.4 Å². The summed E-state index contributed by atoms with van der Waals surface area (Å²) in [6.07, 6.45) is -4.08. The molecule has 1 aliphatic heterocycles. The molecule has 1 aromatic heterocycles. The van der Waals surface area contributed by atoms with Crippen LogP contribution in [-0.4, -0.2) is 23.0 Å². The Hall–Kier alpha value is -2.84. The number of nitrogens with zero attached hydrogens (tertiary/aromatic N) is 2. The predicted molar refractivity (Wildman–Crippen MR) is 91.2 cm³/mol. The molecule has 144 valence electrons. The Labute approximate surface area is 153 Å². The van der Waals surface area contributed by atoms with Crippen LogP contribution < -0.4 is 10.2 Å². The standard InChI is InChI=1S/C18H18F3N3O3/c1-10(2)13-9-15(27-23-13)22-17(26)14-7-8-16(25)24(14)12-5-3-11(4-6-12)18(19,20)21/h3-6,9-10,14H,7-8H2,1-2H3,(H,22,26). The van der Waals surface area contributed by atoms with Gasteiger partial charge < -0.3 is 4.52 Å².